The van der Waals surface area contributed by atoms with Gasteiger partial charge in [-0.15, -0.1) is 0 Å². The molecule has 1 aromatic carbocycles. The van der Waals surface area contributed by atoms with E-state index in [-0.39, 0.29) is 12.2 Å². The Hall–Kier alpha value is -3.60. The monoisotopic (exact) mass is 463 g/mol. The summed E-state index contributed by atoms with van der Waals surface area (Å²) in [6.07, 6.45) is 4.15. The van der Waals surface area contributed by atoms with Crippen LogP contribution in [0.1, 0.15) is 46.3 Å². The molecule has 174 valence electrons. The summed E-state index contributed by atoms with van der Waals surface area (Å²) >= 11 is 0. The van der Waals surface area contributed by atoms with Crippen molar-refractivity contribution in [2.75, 3.05) is 6.54 Å². The average Bonchev–Trinajstić information content (AvgIpc) is 2.83. The SMILES string of the molecule is C[C@H]1C=C[C@](C)(O)[C@H]2CN1C(=O)c1c(O)c(=O)c(C(=O)NCc3c(F)cc(F)cc3F)cn12. The summed E-state index contributed by atoms with van der Waals surface area (Å²) < 4.78 is 42.0. The number of carbonyl (C=O) groups excluding carboxylic acids is 2. The average molecular weight is 463 g/mol. The van der Waals surface area contributed by atoms with Crippen molar-refractivity contribution in [3.05, 3.63) is 75.0 Å². The number of nitrogens with zero attached hydrogens (tertiary/aromatic N) is 2. The van der Waals surface area contributed by atoms with E-state index in [9.17, 15) is 37.8 Å². The Morgan fingerprint density at radius 3 is 2.52 bits per heavy atom. The third-order valence-corrected chi connectivity index (χ3v) is 6.03. The van der Waals surface area contributed by atoms with Crippen LogP contribution in [0.25, 0.3) is 0 Å². The first kappa shape index (κ1) is 22.6. The zero-order valence-corrected chi connectivity index (χ0v) is 17.6. The standard InChI is InChI=1S/C22H20F3N3O5/c1-10-3-4-22(2,33)16-9-27(10)21(32)17-19(30)18(29)13(8-28(16)17)20(31)26-7-12-14(24)5-11(23)6-15(12)25/h3-6,8,10,16,30,33H,7,9H2,1-2H3,(H,26,31)/t10-,16+,22-/m0/s1. The van der Waals surface area contributed by atoms with Crippen molar-refractivity contribution in [1.82, 2.24) is 14.8 Å². The first-order valence-electron chi connectivity index (χ1n) is 10.0. The van der Waals surface area contributed by atoms with Crippen LogP contribution in [0.3, 0.4) is 0 Å². The molecule has 0 spiro atoms. The van der Waals surface area contributed by atoms with Crippen LogP contribution < -0.4 is 10.7 Å². The second kappa shape index (κ2) is 7.77. The van der Waals surface area contributed by atoms with E-state index in [1.807, 2.05) is 0 Å². The van der Waals surface area contributed by atoms with E-state index in [1.54, 1.807) is 13.0 Å². The summed E-state index contributed by atoms with van der Waals surface area (Å²) in [6, 6.07) is -0.355. The fraction of sp³-hybridized carbons (Fsp3) is 0.318. The first-order valence-corrected chi connectivity index (χ1v) is 10.0. The second-order valence-electron chi connectivity index (χ2n) is 8.31. The molecule has 0 fully saturated rings. The Morgan fingerprint density at radius 1 is 1.24 bits per heavy atom. The Labute approximate surface area is 185 Å². The van der Waals surface area contributed by atoms with Crippen LogP contribution in [0.4, 0.5) is 13.2 Å². The molecule has 0 aliphatic carbocycles. The second-order valence-corrected chi connectivity index (χ2v) is 8.31. The Balaban J connectivity index is 1.74. The topological polar surface area (TPSA) is 112 Å². The highest BCUT2D eigenvalue weighted by Crippen LogP contribution is 2.36. The van der Waals surface area contributed by atoms with Gasteiger partial charge in [0, 0.05) is 43.0 Å². The van der Waals surface area contributed by atoms with Crippen LogP contribution in [-0.4, -0.2) is 49.7 Å². The lowest BCUT2D eigenvalue weighted by atomic mass is 9.93. The molecule has 33 heavy (non-hydrogen) atoms. The number of benzene rings is 1. The molecule has 3 atom stereocenters. The van der Waals surface area contributed by atoms with Crippen LogP contribution in [0, 0.1) is 17.5 Å². The van der Waals surface area contributed by atoms with Crippen molar-refractivity contribution in [2.24, 2.45) is 0 Å². The number of halogens is 3. The van der Waals surface area contributed by atoms with Gasteiger partial charge in [0.15, 0.2) is 11.4 Å². The summed E-state index contributed by atoms with van der Waals surface area (Å²) in [5.74, 6) is -6.29. The quantitative estimate of drug-likeness (QED) is 0.599. The van der Waals surface area contributed by atoms with Crippen molar-refractivity contribution in [3.8, 4) is 5.75 Å². The zero-order valence-electron chi connectivity index (χ0n) is 17.6. The van der Waals surface area contributed by atoms with Crippen molar-refractivity contribution in [1.29, 1.82) is 0 Å². The van der Waals surface area contributed by atoms with Gasteiger partial charge in [-0.3, -0.25) is 14.4 Å². The van der Waals surface area contributed by atoms with Gasteiger partial charge < -0.3 is 25.0 Å². The normalized spacial score (nSPS) is 23.8. The Kier molecular flexibility index (Phi) is 5.32. The molecule has 0 radical (unpaired) electrons. The van der Waals surface area contributed by atoms with Gasteiger partial charge in [-0.2, -0.15) is 0 Å². The van der Waals surface area contributed by atoms with E-state index in [0.29, 0.717) is 12.1 Å². The summed E-state index contributed by atoms with van der Waals surface area (Å²) in [5, 5.41) is 23.6. The minimum Gasteiger partial charge on any atom is -0.503 e. The van der Waals surface area contributed by atoms with Gasteiger partial charge in [-0.1, -0.05) is 12.2 Å². The Bertz CT molecular complexity index is 1250. The molecule has 3 heterocycles. The number of aromatic hydroxyl groups is 1. The number of hydrogen-bond donors (Lipinski definition) is 3. The highest BCUT2D eigenvalue weighted by atomic mass is 19.1. The van der Waals surface area contributed by atoms with Crippen LogP contribution in [0.2, 0.25) is 0 Å². The molecule has 4 rings (SSSR count). The summed E-state index contributed by atoms with van der Waals surface area (Å²) in [5.41, 5.74) is -4.25. The van der Waals surface area contributed by atoms with Crippen LogP contribution in [0.5, 0.6) is 5.75 Å². The summed E-state index contributed by atoms with van der Waals surface area (Å²) in [4.78, 5) is 39.7. The van der Waals surface area contributed by atoms with Gasteiger partial charge in [0.2, 0.25) is 5.43 Å². The molecule has 3 N–H and O–H groups in total. The van der Waals surface area contributed by atoms with Crippen molar-refractivity contribution < 1.29 is 33.0 Å². The number of hydrogen-bond acceptors (Lipinski definition) is 5. The molecule has 2 aromatic rings. The molecule has 11 heteroatoms. The van der Waals surface area contributed by atoms with Gasteiger partial charge in [0.1, 0.15) is 28.6 Å². The summed E-state index contributed by atoms with van der Waals surface area (Å²) in [6.45, 7) is 2.54. The van der Waals surface area contributed by atoms with E-state index >= 15 is 0 Å². The van der Waals surface area contributed by atoms with Gasteiger partial charge in [0.05, 0.1) is 6.04 Å². The number of aliphatic hydroxyl groups is 1. The molecule has 2 amide bonds. The predicted molar refractivity (Wildman–Crippen MR) is 109 cm³/mol. The molecule has 0 unspecified atom stereocenters. The summed E-state index contributed by atoms with van der Waals surface area (Å²) in [7, 11) is 0. The zero-order chi connectivity index (χ0) is 24.2. The molecule has 2 bridgehead atoms. The minimum absolute atomic E-state index is 0.0440. The van der Waals surface area contributed by atoms with Crippen LogP contribution in [-0.2, 0) is 6.54 Å². The number of fused-ring (bicyclic) bond motifs is 4. The highest BCUT2D eigenvalue weighted by molar-refractivity contribution is 5.99. The molecule has 0 saturated heterocycles. The van der Waals surface area contributed by atoms with Crippen molar-refractivity contribution >= 4 is 11.8 Å². The van der Waals surface area contributed by atoms with E-state index in [4.69, 9.17) is 0 Å². The molecule has 0 saturated carbocycles. The van der Waals surface area contributed by atoms with E-state index < -0.39 is 75.8 Å². The van der Waals surface area contributed by atoms with Gasteiger partial charge >= 0.3 is 0 Å². The molecule has 2 aliphatic rings. The van der Waals surface area contributed by atoms with Gasteiger partial charge in [0.25, 0.3) is 11.8 Å². The van der Waals surface area contributed by atoms with Crippen molar-refractivity contribution in [2.45, 2.75) is 38.1 Å². The lowest BCUT2D eigenvalue weighted by Gasteiger charge is -2.41. The number of aromatic nitrogens is 1. The molecule has 8 nitrogen and oxygen atoms in total. The minimum atomic E-state index is -1.49. The number of pyridine rings is 1. The van der Waals surface area contributed by atoms with Gasteiger partial charge in [-0.25, -0.2) is 13.2 Å². The maximum absolute atomic E-state index is 13.9. The smallest absolute Gasteiger partial charge is 0.275 e. The lowest BCUT2D eigenvalue weighted by molar-refractivity contribution is 0.0205. The maximum atomic E-state index is 13.9. The fourth-order valence-electron chi connectivity index (χ4n) is 4.10. The molecular formula is C22H20F3N3O5. The fourth-order valence-corrected chi connectivity index (χ4v) is 4.10. The third-order valence-electron chi connectivity index (χ3n) is 6.03. The highest BCUT2D eigenvalue weighted by Gasteiger charge is 2.45. The number of carbonyl (C=O) groups is 2. The van der Waals surface area contributed by atoms with Crippen LogP contribution >= 0.6 is 0 Å². The molecule has 2 aliphatic heterocycles. The van der Waals surface area contributed by atoms with Crippen LogP contribution in [0.15, 0.2) is 35.3 Å². The largest absolute Gasteiger partial charge is 0.503 e. The first-order chi connectivity index (χ1) is 15.4. The lowest BCUT2D eigenvalue weighted by Crippen LogP contribution is -2.51. The number of rotatable bonds is 3. The third kappa shape index (κ3) is 3.67. The number of amides is 2. The van der Waals surface area contributed by atoms with E-state index in [1.165, 1.54) is 22.5 Å². The molecule has 1 aromatic heterocycles. The van der Waals surface area contributed by atoms with E-state index in [2.05, 4.69) is 5.32 Å². The maximum Gasteiger partial charge on any atom is 0.275 e. The predicted octanol–water partition coefficient (Wildman–Crippen LogP) is 1.61. The van der Waals surface area contributed by atoms with Crippen molar-refractivity contribution in [3.63, 3.8) is 0 Å². The van der Waals surface area contributed by atoms with E-state index in [0.717, 1.165) is 6.20 Å². The van der Waals surface area contributed by atoms with Gasteiger partial charge in [-0.05, 0) is 13.8 Å². The Morgan fingerprint density at radius 2 is 1.88 bits per heavy atom. The number of nitrogens with one attached hydrogen (secondary N) is 1. The molecular weight excluding hydrogens is 443 g/mol.